The Morgan fingerprint density at radius 1 is 1.32 bits per heavy atom. The van der Waals surface area contributed by atoms with E-state index in [1.807, 2.05) is 30.3 Å². The van der Waals surface area contributed by atoms with Gasteiger partial charge < -0.3 is 10.5 Å². The molecular weight excluding hydrogens is 238 g/mol. The summed E-state index contributed by atoms with van der Waals surface area (Å²) >= 11 is 0. The van der Waals surface area contributed by atoms with Crippen molar-refractivity contribution >= 4 is 5.97 Å². The van der Waals surface area contributed by atoms with Crippen LogP contribution in [0.5, 0.6) is 0 Å². The molecule has 2 atom stereocenters. The van der Waals surface area contributed by atoms with Gasteiger partial charge in [-0.15, -0.1) is 0 Å². The third-order valence-corrected chi connectivity index (χ3v) is 3.16. The van der Waals surface area contributed by atoms with Crippen LogP contribution in [0.2, 0.25) is 0 Å². The lowest BCUT2D eigenvalue weighted by Crippen LogP contribution is -2.35. The van der Waals surface area contributed by atoms with E-state index < -0.39 is 6.04 Å². The molecule has 3 heteroatoms. The largest absolute Gasteiger partial charge is 0.464 e. The number of hydrogen-bond acceptors (Lipinski definition) is 3. The number of unbranched alkanes of at least 4 members (excludes halogenated alkanes) is 1. The highest BCUT2D eigenvalue weighted by Crippen LogP contribution is 2.09. The average Bonchev–Trinajstić information content (AvgIpc) is 2.43. The summed E-state index contributed by atoms with van der Waals surface area (Å²) in [5.74, 6) is 0.111. The van der Waals surface area contributed by atoms with Crippen molar-refractivity contribution < 1.29 is 9.53 Å². The number of ether oxygens (including phenoxy) is 1. The number of hydrogen-bond donors (Lipinski definition) is 1. The minimum atomic E-state index is -0.569. The second-order valence-corrected chi connectivity index (χ2v) is 5.17. The molecule has 0 aliphatic heterocycles. The highest BCUT2D eigenvalue weighted by molar-refractivity contribution is 5.75. The van der Waals surface area contributed by atoms with Gasteiger partial charge in [-0.25, -0.2) is 0 Å². The van der Waals surface area contributed by atoms with Crippen molar-refractivity contribution in [2.75, 3.05) is 6.61 Å². The molecule has 0 spiro atoms. The molecule has 19 heavy (non-hydrogen) atoms. The van der Waals surface area contributed by atoms with E-state index in [4.69, 9.17) is 10.5 Å². The van der Waals surface area contributed by atoms with Gasteiger partial charge in [-0.2, -0.15) is 0 Å². The summed E-state index contributed by atoms with van der Waals surface area (Å²) in [5.41, 5.74) is 6.92. The topological polar surface area (TPSA) is 52.3 Å². The molecule has 2 unspecified atom stereocenters. The van der Waals surface area contributed by atoms with Crippen molar-refractivity contribution in [3.8, 4) is 0 Å². The van der Waals surface area contributed by atoms with Crippen LogP contribution >= 0.6 is 0 Å². The van der Waals surface area contributed by atoms with Crippen LogP contribution in [-0.2, 0) is 16.0 Å². The second kappa shape index (κ2) is 8.70. The highest BCUT2D eigenvalue weighted by Gasteiger charge is 2.16. The van der Waals surface area contributed by atoms with Crippen LogP contribution in [0.3, 0.4) is 0 Å². The van der Waals surface area contributed by atoms with Gasteiger partial charge in [-0.05, 0) is 24.3 Å². The Morgan fingerprint density at radius 3 is 2.63 bits per heavy atom. The third kappa shape index (κ3) is 6.39. The molecule has 0 aliphatic rings. The smallest absolute Gasteiger partial charge is 0.323 e. The monoisotopic (exact) mass is 263 g/mol. The third-order valence-electron chi connectivity index (χ3n) is 3.16. The minimum absolute atomic E-state index is 0.299. The summed E-state index contributed by atoms with van der Waals surface area (Å²) in [6.45, 7) is 4.74. The van der Waals surface area contributed by atoms with E-state index in [0.29, 0.717) is 18.9 Å². The van der Waals surface area contributed by atoms with Crippen molar-refractivity contribution in [2.45, 2.75) is 45.6 Å². The van der Waals surface area contributed by atoms with Crippen molar-refractivity contribution in [1.82, 2.24) is 0 Å². The fourth-order valence-corrected chi connectivity index (χ4v) is 1.92. The van der Waals surface area contributed by atoms with Crippen molar-refractivity contribution in [1.29, 1.82) is 0 Å². The molecule has 0 aliphatic carbocycles. The van der Waals surface area contributed by atoms with Gasteiger partial charge in [-0.3, -0.25) is 4.79 Å². The Kier molecular flexibility index (Phi) is 7.19. The number of esters is 1. The number of benzene rings is 1. The first kappa shape index (κ1) is 15.7. The average molecular weight is 263 g/mol. The number of carbonyl (C=O) groups excluding carboxylic acids is 1. The van der Waals surface area contributed by atoms with Gasteiger partial charge >= 0.3 is 5.97 Å². The molecular formula is C16H25NO2. The number of nitrogens with two attached hydrogens (primary N) is 1. The Hall–Kier alpha value is -1.35. The van der Waals surface area contributed by atoms with E-state index in [-0.39, 0.29) is 5.97 Å². The van der Waals surface area contributed by atoms with Gasteiger partial charge in [0.05, 0.1) is 6.61 Å². The summed E-state index contributed by atoms with van der Waals surface area (Å²) < 4.78 is 5.27. The Morgan fingerprint density at radius 2 is 2.00 bits per heavy atom. The minimum Gasteiger partial charge on any atom is -0.464 e. The maximum absolute atomic E-state index is 11.8. The summed E-state index contributed by atoms with van der Waals surface area (Å²) in [4.78, 5) is 11.8. The summed E-state index contributed by atoms with van der Waals surface area (Å²) in [7, 11) is 0. The predicted octanol–water partition coefficient (Wildman–Crippen LogP) is 2.93. The van der Waals surface area contributed by atoms with E-state index in [2.05, 4.69) is 13.8 Å². The SMILES string of the molecule is CCCCC(C)COC(=O)C(N)Cc1ccccc1. The lowest BCUT2D eigenvalue weighted by molar-refractivity contribution is -0.146. The fraction of sp³-hybridized carbons (Fsp3) is 0.562. The molecule has 1 rings (SSSR count). The van der Waals surface area contributed by atoms with E-state index in [9.17, 15) is 4.79 Å². The maximum Gasteiger partial charge on any atom is 0.323 e. The van der Waals surface area contributed by atoms with Crippen LogP contribution in [0.25, 0.3) is 0 Å². The normalized spacial score (nSPS) is 13.8. The molecule has 0 heterocycles. The molecule has 0 saturated heterocycles. The van der Waals surface area contributed by atoms with Crippen LogP contribution in [-0.4, -0.2) is 18.6 Å². The maximum atomic E-state index is 11.8. The van der Waals surface area contributed by atoms with Gasteiger partial charge in [0.15, 0.2) is 0 Å². The molecule has 3 nitrogen and oxygen atoms in total. The zero-order valence-electron chi connectivity index (χ0n) is 12.0. The first-order valence-corrected chi connectivity index (χ1v) is 7.09. The second-order valence-electron chi connectivity index (χ2n) is 5.17. The van der Waals surface area contributed by atoms with Crippen LogP contribution in [0.4, 0.5) is 0 Å². The molecule has 0 radical (unpaired) electrons. The van der Waals surface area contributed by atoms with E-state index in [1.54, 1.807) is 0 Å². The van der Waals surface area contributed by atoms with Crippen molar-refractivity contribution in [2.24, 2.45) is 11.7 Å². The fourth-order valence-electron chi connectivity index (χ4n) is 1.92. The van der Waals surface area contributed by atoms with Gasteiger partial charge in [0.1, 0.15) is 6.04 Å². The van der Waals surface area contributed by atoms with Crippen LogP contribution < -0.4 is 5.73 Å². The van der Waals surface area contributed by atoms with Crippen LogP contribution in [0.15, 0.2) is 30.3 Å². The van der Waals surface area contributed by atoms with Gasteiger partial charge in [0, 0.05) is 0 Å². The van der Waals surface area contributed by atoms with Crippen LogP contribution in [0, 0.1) is 5.92 Å². The summed E-state index contributed by atoms with van der Waals surface area (Å²) in [6, 6.07) is 9.21. The highest BCUT2D eigenvalue weighted by atomic mass is 16.5. The first-order chi connectivity index (χ1) is 9.13. The predicted molar refractivity (Wildman–Crippen MR) is 77.8 cm³/mol. The first-order valence-electron chi connectivity index (χ1n) is 7.09. The molecule has 0 aromatic heterocycles. The van der Waals surface area contributed by atoms with Crippen molar-refractivity contribution in [3.63, 3.8) is 0 Å². The van der Waals surface area contributed by atoms with Gasteiger partial charge in [0.25, 0.3) is 0 Å². The Labute approximate surface area is 116 Å². The summed E-state index contributed by atoms with van der Waals surface area (Å²) in [6.07, 6.45) is 3.97. The molecule has 0 amide bonds. The molecule has 106 valence electrons. The Bertz CT molecular complexity index is 364. The van der Waals surface area contributed by atoms with Crippen LogP contribution in [0.1, 0.15) is 38.7 Å². The molecule has 0 bridgehead atoms. The standard InChI is InChI=1S/C16H25NO2/c1-3-4-8-13(2)12-19-16(18)15(17)11-14-9-6-5-7-10-14/h5-7,9-10,13,15H,3-4,8,11-12,17H2,1-2H3. The molecule has 0 fully saturated rings. The quantitative estimate of drug-likeness (QED) is 0.734. The van der Waals surface area contributed by atoms with Gasteiger partial charge in [0.2, 0.25) is 0 Å². The molecule has 2 N–H and O–H groups in total. The zero-order chi connectivity index (χ0) is 14.1. The number of rotatable bonds is 8. The zero-order valence-corrected chi connectivity index (χ0v) is 12.0. The van der Waals surface area contributed by atoms with E-state index in [0.717, 1.165) is 12.0 Å². The van der Waals surface area contributed by atoms with Crippen molar-refractivity contribution in [3.05, 3.63) is 35.9 Å². The summed E-state index contributed by atoms with van der Waals surface area (Å²) in [5, 5.41) is 0. The molecule has 0 saturated carbocycles. The van der Waals surface area contributed by atoms with Gasteiger partial charge in [-0.1, -0.05) is 57.0 Å². The van der Waals surface area contributed by atoms with E-state index >= 15 is 0 Å². The molecule has 1 aromatic carbocycles. The Balaban J connectivity index is 2.29. The lowest BCUT2D eigenvalue weighted by atomic mass is 10.1. The number of carbonyl (C=O) groups is 1. The van der Waals surface area contributed by atoms with E-state index in [1.165, 1.54) is 12.8 Å². The molecule has 1 aromatic rings. The lowest BCUT2D eigenvalue weighted by Gasteiger charge is -2.15.